The highest BCUT2D eigenvalue weighted by molar-refractivity contribution is 5.90. The quantitative estimate of drug-likeness (QED) is 0.593. The van der Waals surface area contributed by atoms with Gasteiger partial charge in [0.2, 0.25) is 0 Å². The standard InChI is InChI=1S/C18H14O8/c19-15(23-25-17(21)13-7-3-1-4-8-13)11-12-16(20)24-26-18(22)14-9-5-2-6-10-14/h1-10H,11-12H2. The number of carbonyl (C=O) groups is 4. The van der Waals surface area contributed by atoms with Gasteiger partial charge < -0.3 is 0 Å². The Morgan fingerprint density at radius 1 is 0.538 bits per heavy atom. The molecule has 0 unspecified atom stereocenters. The molecular formula is C18H14O8. The van der Waals surface area contributed by atoms with E-state index in [0.29, 0.717) is 0 Å². The van der Waals surface area contributed by atoms with Gasteiger partial charge in [-0.3, -0.25) is 0 Å². The summed E-state index contributed by atoms with van der Waals surface area (Å²) in [6, 6.07) is 15.8. The molecule has 0 fully saturated rings. The van der Waals surface area contributed by atoms with E-state index in [9.17, 15) is 19.2 Å². The van der Waals surface area contributed by atoms with Crippen LogP contribution in [0.4, 0.5) is 0 Å². The summed E-state index contributed by atoms with van der Waals surface area (Å²) in [5.41, 5.74) is 0.403. The van der Waals surface area contributed by atoms with Gasteiger partial charge in [0.25, 0.3) is 0 Å². The molecular weight excluding hydrogens is 344 g/mol. The van der Waals surface area contributed by atoms with Gasteiger partial charge in [-0.2, -0.15) is 0 Å². The van der Waals surface area contributed by atoms with E-state index in [4.69, 9.17) is 0 Å². The van der Waals surface area contributed by atoms with E-state index >= 15 is 0 Å². The van der Waals surface area contributed by atoms with Crippen molar-refractivity contribution in [3.05, 3.63) is 71.8 Å². The normalized spacial score (nSPS) is 9.69. The molecule has 0 bridgehead atoms. The first-order chi connectivity index (χ1) is 12.6. The highest BCUT2D eigenvalue weighted by atomic mass is 17.2. The van der Waals surface area contributed by atoms with Gasteiger partial charge in [0.15, 0.2) is 0 Å². The third-order valence-electron chi connectivity index (χ3n) is 2.97. The fourth-order valence-corrected chi connectivity index (χ4v) is 1.70. The first-order valence-corrected chi connectivity index (χ1v) is 7.49. The molecule has 2 aromatic carbocycles. The molecule has 0 aliphatic heterocycles. The lowest BCUT2D eigenvalue weighted by Gasteiger charge is -2.04. The van der Waals surface area contributed by atoms with Crippen LogP contribution in [0, 0.1) is 0 Å². The van der Waals surface area contributed by atoms with E-state index in [2.05, 4.69) is 19.6 Å². The molecule has 0 amide bonds. The molecule has 0 spiro atoms. The van der Waals surface area contributed by atoms with Gasteiger partial charge in [0, 0.05) is 0 Å². The monoisotopic (exact) mass is 358 g/mol. The van der Waals surface area contributed by atoms with Crippen molar-refractivity contribution in [2.75, 3.05) is 0 Å². The maximum absolute atomic E-state index is 11.6. The summed E-state index contributed by atoms with van der Waals surface area (Å²) >= 11 is 0. The maximum atomic E-state index is 11.6. The number of rotatable bonds is 5. The van der Waals surface area contributed by atoms with Gasteiger partial charge in [0.05, 0.1) is 24.0 Å². The van der Waals surface area contributed by atoms with Crippen molar-refractivity contribution in [3.63, 3.8) is 0 Å². The van der Waals surface area contributed by atoms with Crippen LogP contribution in [0.2, 0.25) is 0 Å². The van der Waals surface area contributed by atoms with Gasteiger partial charge in [-0.25, -0.2) is 38.7 Å². The average Bonchev–Trinajstić information content (AvgIpc) is 2.69. The fourth-order valence-electron chi connectivity index (χ4n) is 1.70. The summed E-state index contributed by atoms with van der Waals surface area (Å²) in [7, 11) is 0. The van der Waals surface area contributed by atoms with E-state index in [1.165, 1.54) is 24.3 Å². The van der Waals surface area contributed by atoms with E-state index in [1.54, 1.807) is 36.4 Å². The summed E-state index contributed by atoms with van der Waals surface area (Å²) in [4.78, 5) is 63.3. The Hall–Kier alpha value is -3.68. The van der Waals surface area contributed by atoms with Gasteiger partial charge in [-0.15, -0.1) is 0 Å². The Morgan fingerprint density at radius 3 is 1.23 bits per heavy atom. The molecule has 0 heterocycles. The molecule has 26 heavy (non-hydrogen) atoms. The van der Waals surface area contributed by atoms with Crippen molar-refractivity contribution >= 4 is 23.9 Å². The Labute approximate surface area is 148 Å². The molecule has 0 N–H and O–H groups in total. The SMILES string of the molecule is O=C(CCC(=O)OOC(=O)c1ccccc1)OOC(=O)c1ccccc1. The highest BCUT2D eigenvalue weighted by Gasteiger charge is 2.16. The average molecular weight is 358 g/mol. The number of carbonyl (C=O) groups excluding carboxylic acids is 4. The molecule has 0 saturated carbocycles. The number of benzene rings is 2. The van der Waals surface area contributed by atoms with Crippen LogP contribution in [0.5, 0.6) is 0 Å². The van der Waals surface area contributed by atoms with E-state index in [-0.39, 0.29) is 11.1 Å². The van der Waals surface area contributed by atoms with Crippen molar-refractivity contribution in [1.29, 1.82) is 0 Å². The van der Waals surface area contributed by atoms with Crippen LogP contribution in [0.1, 0.15) is 33.6 Å². The van der Waals surface area contributed by atoms with Crippen molar-refractivity contribution in [3.8, 4) is 0 Å². The number of hydrogen-bond acceptors (Lipinski definition) is 8. The maximum Gasteiger partial charge on any atom is 0.386 e. The Kier molecular flexibility index (Phi) is 6.87. The predicted octanol–water partition coefficient (Wildman–Crippen LogP) is 2.40. The second kappa shape index (κ2) is 9.58. The van der Waals surface area contributed by atoms with Crippen LogP contribution in [0.25, 0.3) is 0 Å². The minimum absolute atomic E-state index is 0.201. The second-order valence-electron chi connectivity index (χ2n) is 4.88. The summed E-state index contributed by atoms with van der Waals surface area (Å²) < 4.78 is 0. The summed E-state index contributed by atoms with van der Waals surface area (Å²) in [6.07, 6.45) is -0.854. The number of hydrogen-bond donors (Lipinski definition) is 0. The Balaban J connectivity index is 1.65. The molecule has 2 aromatic rings. The zero-order valence-electron chi connectivity index (χ0n) is 13.5. The fraction of sp³-hybridized carbons (Fsp3) is 0.111. The lowest BCUT2D eigenvalue weighted by Crippen LogP contribution is -2.15. The first kappa shape index (κ1) is 18.7. The molecule has 0 aliphatic carbocycles. The van der Waals surface area contributed by atoms with Gasteiger partial charge in [0.1, 0.15) is 0 Å². The molecule has 8 nitrogen and oxygen atoms in total. The van der Waals surface area contributed by atoms with Crippen molar-refractivity contribution < 1.29 is 38.7 Å². The largest absolute Gasteiger partial charge is 0.386 e. The Bertz CT molecular complexity index is 703. The predicted molar refractivity (Wildman–Crippen MR) is 85.1 cm³/mol. The second-order valence-corrected chi connectivity index (χ2v) is 4.88. The lowest BCUT2D eigenvalue weighted by atomic mass is 10.2. The zero-order chi connectivity index (χ0) is 18.8. The van der Waals surface area contributed by atoms with Crippen LogP contribution in [0.15, 0.2) is 60.7 Å². The summed E-state index contributed by atoms with van der Waals surface area (Å²) in [6.45, 7) is 0. The van der Waals surface area contributed by atoms with Gasteiger partial charge in [-0.05, 0) is 24.3 Å². The molecule has 0 radical (unpaired) electrons. The molecule has 2 rings (SSSR count). The van der Waals surface area contributed by atoms with E-state index < -0.39 is 36.7 Å². The molecule has 0 atom stereocenters. The third kappa shape index (κ3) is 6.08. The molecule has 0 aromatic heterocycles. The smallest absolute Gasteiger partial charge is 0.247 e. The minimum Gasteiger partial charge on any atom is -0.247 e. The lowest BCUT2D eigenvalue weighted by molar-refractivity contribution is -0.239. The molecule has 0 aliphatic rings. The minimum atomic E-state index is -0.958. The summed E-state index contributed by atoms with van der Waals surface area (Å²) in [5.74, 6) is -3.61. The van der Waals surface area contributed by atoms with Crippen LogP contribution >= 0.6 is 0 Å². The van der Waals surface area contributed by atoms with E-state index in [0.717, 1.165) is 0 Å². The van der Waals surface area contributed by atoms with Crippen molar-refractivity contribution in [2.45, 2.75) is 12.8 Å². The zero-order valence-corrected chi connectivity index (χ0v) is 13.5. The van der Waals surface area contributed by atoms with Crippen LogP contribution < -0.4 is 0 Å². The summed E-state index contributed by atoms with van der Waals surface area (Å²) in [5, 5.41) is 0. The Morgan fingerprint density at radius 2 is 0.885 bits per heavy atom. The molecule has 0 saturated heterocycles. The van der Waals surface area contributed by atoms with Crippen LogP contribution in [-0.4, -0.2) is 23.9 Å². The molecule has 8 heteroatoms. The van der Waals surface area contributed by atoms with Crippen LogP contribution in [0.3, 0.4) is 0 Å². The third-order valence-corrected chi connectivity index (χ3v) is 2.97. The van der Waals surface area contributed by atoms with Gasteiger partial charge >= 0.3 is 23.9 Å². The topological polar surface area (TPSA) is 105 Å². The molecule has 134 valence electrons. The van der Waals surface area contributed by atoms with E-state index in [1.807, 2.05) is 0 Å². The first-order valence-electron chi connectivity index (χ1n) is 7.49. The van der Waals surface area contributed by atoms with Crippen molar-refractivity contribution in [1.82, 2.24) is 0 Å². The van der Waals surface area contributed by atoms with Crippen LogP contribution in [-0.2, 0) is 29.1 Å². The highest BCUT2D eigenvalue weighted by Crippen LogP contribution is 2.05. The van der Waals surface area contributed by atoms with Crippen molar-refractivity contribution in [2.24, 2.45) is 0 Å². The van der Waals surface area contributed by atoms with Gasteiger partial charge in [-0.1, -0.05) is 36.4 Å².